The van der Waals surface area contributed by atoms with Crippen molar-refractivity contribution < 1.29 is 19.1 Å². The molecule has 2 heterocycles. The number of hydrogen-bond acceptors (Lipinski definition) is 6. The number of ether oxygens (including phenoxy) is 2. The van der Waals surface area contributed by atoms with E-state index >= 15 is 0 Å². The van der Waals surface area contributed by atoms with Gasteiger partial charge in [0.2, 0.25) is 5.91 Å². The van der Waals surface area contributed by atoms with Crippen molar-refractivity contribution in [1.82, 2.24) is 4.90 Å². The van der Waals surface area contributed by atoms with Crippen LogP contribution < -0.4 is 14.5 Å². The number of fused-ring (bicyclic) bond motifs is 1. The molecule has 0 aliphatic carbocycles. The zero-order valence-electron chi connectivity index (χ0n) is 19.1. The zero-order chi connectivity index (χ0) is 22.8. The Morgan fingerprint density at radius 3 is 2.45 bits per heavy atom. The number of benzene rings is 1. The molecular formula is C23H32N4O4. The highest BCUT2D eigenvalue weighted by Crippen LogP contribution is 2.39. The minimum absolute atomic E-state index is 0.0211. The summed E-state index contributed by atoms with van der Waals surface area (Å²) in [6.45, 7) is 9.96. The quantitative estimate of drug-likeness (QED) is 0.688. The molecule has 0 bridgehead atoms. The molecule has 1 fully saturated rings. The smallest absolute Gasteiger partial charge is 0.410 e. The fraction of sp³-hybridized carbons (Fsp3) is 0.609. The molecule has 0 spiro atoms. The molecule has 8 heteroatoms. The minimum Gasteiger partial charge on any atom is -0.495 e. The highest BCUT2D eigenvalue weighted by molar-refractivity contribution is 5.97. The van der Waals surface area contributed by atoms with Gasteiger partial charge >= 0.3 is 6.09 Å². The van der Waals surface area contributed by atoms with E-state index in [0.29, 0.717) is 31.9 Å². The molecule has 1 aromatic carbocycles. The van der Waals surface area contributed by atoms with Crippen LogP contribution in [0.2, 0.25) is 0 Å². The van der Waals surface area contributed by atoms with Gasteiger partial charge < -0.3 is 19.3 Å². The number of methoxy groups -OCH3 is 1. The number of nitriles is 1. The van der Waals surface area contributed by atoms with Crippen molar-refractivity contribution in [2.75, 3.05) is 49.6 Å². The predicted octanol–water partition coefficient (Wildman–Crippen LogP) is 3.19. The molecule has 0 aromatic heterocycles. The van der Waals surface area contributed by atoms with Gasteiger partial charge in [0.05, 0.1) is 24.6 Å². The highest BCUT2D eigenvalue weighted by Gasteiger charge is 2.31. The Morgan fingerprint density at radius 1 is 1.19 bits per heavy atom. The predicted molar refractivity (Wildman–Crippen MR) is 118 cm³/mol. The molecule has 3 rings (SSSR count). The molecule has 0 N–H and O–H groups in total. The van der Waals surface area contributed by atoms with Gasteiger partial charge in [-0.3, -0.25) is 9.69 Å². The van der Waals surface area contributed by atoms with Crippen molar-refractivity contribution in [3.8, 4) is 11.8 Å². The Morgan fingerprint density at radius 2 is 1.87 bits per heavy atom. The van der Waals surface area contributed by atoms with E-state index in [-0.39, 0.29) is 24.5 Å². The summed E-state index contributed by atoms with van der Waals surface area (Å²) in [5, 5.41) is 9.24. The molecule has 1 saturated heterocycles. The topological polar surface area (TPSA) is 86.1 Å². The number of carbonyl (C=O) groups excluding carboxylic acids is 2. The third-order valence-electron chi connectivity index (χ3n) is 5.71. The lowest BCUT2D eigenvalue weighted by Gasteiger charge is -2.37. The van der Waals surface area contributed by atoms with E-state index in [1.807, 2.05) is 33.8 Å². The van der Waals surface area contributed by atoms with E-state index < -0.39 is 5.60 Å². The summed E-state index contributed by atoms with van der Waals surface area (Å²) in [4.78, 5) is 30.6. The maximum Gasteiger partial charge on any atom is 0.410 e. The fourth-order valence-corrected chi connectivity index (χ4v) is 4.03. The summed E-state index contributed by atoms with van der Waals surface area (Å²) in [5.41, 5.74) is 2.23. The van der Waals surface area contributed by atoms with Crippen LogP contribution in [0.5, 0.6) is 5.75 Å². The Hall–Kier alpha value is -2.95. The Balaban J connectivity index is 1.83. The van der Waals surface area contributed by atoms with Gasteiger partial charge in [0.15, 0.2) is 0 Å². The number of rotatable bonds is 3. The third-order valence-corrected chi connectivity index (χ3v) is 5.71. The number of aryl methyl sites for hydroxylation is 1. The van der Waals surface area contributed by atoms with Gasteiger partial charge in [0.1, 0.15) is 17.9 Å². The molecule has 31 heavy (non-hydrogen) atoms. The monoisotopic (exact) mass is 428 g/mol. The summed E-state index contributed by atoms with van der Waals surface area (Å²) in [7, 11) is 1.61. The van der Waals surface area contributed by atoms with Gasteiger partial charge in [-0.15, -0.1) is 0 Å². The number of carbonyl (C=O) groups is 2. The van der Waals surface area contributed by atoms with Crippen LogP contribution in [0, 0.1) is 17.2 Å². The van der Waals surface area contributed by atoms with Crippen LogP contribution >= 0.6 is 0 Å². The molecule has 1 atom stereocenters. The number of piperazine rings is 1. The second kappa shape index (κ2) is 9.04. The lowest BCUT2D eigenvalue weighted by molar-refractivity contribution is -0.121. The van der Waals surface area contributed by atoms with E-state index in [1.54, 1.807) is 16.9 Å². The fourth-order valence-electron chi connectivity index (χ4n) is 4.03. The van der Waals surface area contributed by atoms with Crippen molar-refractivity contribution in [2.24, 2.45) is 5.92 Å². The first-order chi connectivity index (χ1) is 14.6. The Bertz CT molecular complexity index is 879. The SMILES string of the molecule is COc1cc2c(cc1N1CCN(C(=O)OC(C)(C)C)CC1)CCC(C)C(=O)N2CC#N. The molecule has 8 nitrogen and oxygen atoms in total. The maximum atomic E-state index is 12.8. The molecule has 0 radical (unpaired) electrons. The molecule has 1 aromatic rings. The van der Waals surface area contributed by atoms with Crippen molar-refractivity contribution in [3.63, 3.8) is 0 Å². The maximum absolute atomic E-state index is 12.8. The van der Waals surface area contributed by atoms with Crippen molar-refractivity contribution in [2.45, 2.75) is 46.1 Å². The van der Waals surface area contributed by atoms with E-state index in [4.69, 9.17) is 9.47 Å². The minimum atomic E-state index is -0.516. The third kappa shape index (κ3) is 5.04. The van der Waals surface area contributed by atoms with Gasteiger partial charge in [-0.1, -0.05) is 6.92 Å². The first-order valence-electron chi connectivity index (χ1n) is 10.8. The van der Waals surface area contributed by atoms with Gasteiger partial charge in [-0.2, -0.15) is 5.26 Å². The van der Waals surface area contributed by atoms with Gasteiger partial charge in [0, 0.05) is 38.2 Å². The van der Waals surface area contributed by atoms with Crippen molar-refractivity contribution in [3.05, 3.63) is 17.7 Å². The highest BCUT2D eigenvalue weighted by atomic mass is 16.6. The standard InChI is InChI=1S/C23H32N4O4/c1-16-6-7-17-14-19(20(30-5)15-18(17)27(9-8-24)21(16)28)25-10-12-26(13-11-25)22(29)31-23(2,3)4/h14-16H,6-7,9-13H2,1-5H3. The Labute approximate surface area is 184 Å². The second-order valence-electron chi connectivity index (χ2n) is 9.13. The van der Waals surface area contributed by atoms with Crippen LogP contribution in [0.3, 0.4) is 0 Å². The normalized spacial score (nSPS) is 19.4. The summed E-state index contributed by atoms with van der Waals surface area (Å²) in [5.74, 6) is 0.503. The molecule has 168 valence electrons. The van der Waals surface area contributed by atoms with Crippen LogP contribution in [0.15, 0.2) is 12.1 Å². The van der Waals surface area contributed by atoms with Crippen LogP contribution in [0.4, 0.5) is 16.2 Å². The molecule has 0 saturated carbocycles. The second-order valence-corrected chi connectivity index (χ2v) is 9.13. The van der Waals surface area contributed by atoms with E-state index in [0.717, 1.165) is 29.8 Å². The molecule has 2 aliphatic heterocycles. The van der Waals surface area contributed by atoms with Gasteiger partial charge in [0.25, 0.3) is 0 Å². The summed E-state index contributed by atoms with van der Waals surface area (Å²) >= 11 is 0. The summed E-state index contributed by atoms with van der Waals surface area (Å²) < 4.78 is 11.2. The van der Waals surface area contributed by atoms with Crippen LogP contribution in [-0.2, 0) is 16.0 Å². The van der Waals surface area contributed by atoms with E-state index in [9.17, 15) is 14.9 Å². The number of anilines is 2. The first kappa shape index (κ1) is 22.7. The van der Waals surface area contributed by atoms with Crippen LogP contribution in [-0.4, -0.2) is 62.3 Å². The first-order valence-corrected chi connectivity index (χ1v) is 10.8. The average Bonchev–Trinajstić information content (AvgIpc) is 2.84. The van der Waals surface area contributed by atoms with Crippen molar-refractivity contribution >= 4 is 23.4 Å². The molecule has 1 unspecified atom stereocenters. The van der Waals surface area contributed by atoms with Crippen LogP contribution in [0.25, 0.3) is 0 Å². The average molecular weight is 429 g/mol. The zero-order valence-corrected chi connectivity index (χ0v) is 19.1. The van der Waals surface area contributed by atoms with E-state index in [2.05, 4.69) is 17.0 Å². The van der Waals surface area contributed by atoms with Crippen LogP contribution in [0.1, 0.15) is 39.7 Å². The number of hydrogen-bond donors (Lipinski definition) is 0. The number of amides is 2. The molecule has 2 amide bonds. The molecular weight excluding hydrogens is 396 g/mol. The van der Waals surface area contributed by atoms with Gasteiger partial charge in [-0.25, -0.2) is 4.79 Å². The number of nitrogens with zero attached hydrogens (tertiary/aromatic N) is 4. The largest absolute Gasteiger partial charge is 0.495 e. The molecule has 2 aliphatic rings. The summed E-state index contributed by atoms with van der Waals surface area (Å²) in [6, 6.07) is 6.06. The Kier molecular flexibility index (Phi) is 6.63. The van der Waals surface area contributed by atoms with E-state index in [1.165, 1.54) is 0 Å². The van der Waals surface area contributed by atoms with Crippen molar-refractivity contribution in [1.29, 1.82) is 5.26 Å². The van der Waals surface area contributed by atoms with Gasteiger partial charge in [-0.05, 0) is 45.2 Å². The lowest BCUT2D eigenvalue weighted by Crippen LogP contribution is -2.50. The summed E-state index contributed by atoms with van der Waals surface area (Å²) in [6.07, 6.45) is 1.21. The lowest BCUT2D eigenvalue weighted by atomic mass is 10.0.